The Hall–Kier alpha value is -0.120. The zero-order chi connectivity index (χ0) is 10.8. The van der Waals surface area contributed by atoms with Crippen LogP contribution in [-0.4, -0.2) is 0 Å². The Morgan fingerprint density at radius 2 is 1.73 bits per heavy atom. The summed E-state index contributed by atoms with van der Waals surface area (Å²) >= 11 is 9.01. The second-order valence-corrected chi connectivity index (χ2v) is 6.51. The second kappa shape index (κ2) is 4.81. The molecule has 0 saturated carbocycles. The molecule has 1 aromatic carbocycles. The van der Waals surface area contributed by atoms with E-state index in [9.17, 15) is 0 Å². The minimum atomic E-state index is 0.310. The van der Waals surface area contributed by atoms with Crippen LogP contribution in [0.15, 0.2) is 40.9 Å². The number of rotatable bonds is 2. The fraction of sp³-hybridized carbons (Fsp3) is 0.167. The van der Waals surface area contributed by atoms with Crippen LogP contribution in [0.3, 0.4) is 0 Å². The van der Waals surface area contributed by atoms with Crippen LogP contribution in [0.1, 0.15) is 20.1 Å². The highest BCUT2D eigenvalue weighted by Gasteiger charge is 2.11. The number of hydrogen-bond acceptors (Lipinski definition) is 1. The Bertz CT molecular complexity index is 445. The molecule has 0 aliphatic rings. The quantitative estimate of drug-likeness (QED) is 0.647. The van der Waals surface area contributed by atoms with E-state index in [1.807, 2.05) is 11.3 Å². The lowest BCUT2D eigenvalue weighted by molar-refractivity contribution is 1.22. The minimum Gasteiger partial charge on any atom is -0.144 e. The third kappa shape index (κ3) is 2.71. The van der Waals surface area contributed by atoms with Crippen molar-refractivity contribution in [2.75, 3.05) is 0 Å². The maximum Gasteiger partial charge on any atom is 0.0738 e. The van der Waals surface area contributed by atoms with Gasteiger partial charge in [-0.3, -0.25) is 0 Å². The summed E-state index contributed by atoms with van der Waals surface area (Å²) in [5, 5.41) is 0. The van der Waals surface area contributed by atoms with Crippen molar-refractivity contribution in [3.63, 3.8) is 0 Å². The Morgan fingerprint density at radius 3 is 2.27 bits per heavy atom. The lowest BCUT2D eigenvalue weighted by Gasteiger charge is -2.07. The summed E-state index contributed by atoms with van der Waals surface area (Å²) in [5.41, 5.74) is 1.29. The first-order valence-electron chi connectivity index (χ1n) is 4.62. The number of thiophene rings is 1. The first kappa shape index (κ1) is 11.4. The Labute approximate surface area is 111 Å². The lowest BCUT2D eigenvalue weighted by Crippen LogP contribution is -1.88. The molecule has 0 nitrogen and oxygen atoms in total. The molecule has 1 unspecified atom stereocenters. The van der Waals surface area contributed by atoms with E-state index in [1.54, 1.807) is 0 Å². The molecular weight excluding hydrogens is 336 g/mol. The highest BCUT2D eigenvalue weighted by atomic mass is 79.9. The fourth-order valence-corrected chi connectivity index (χ4v) is 3.27. The molecule has 1 atom stereocenters. The van der Waals surface area contributed by atoms with Crippen LogP contribution in [-0.2, 0) is 0 Å². The Kier molecular flexibility index (Phi) is 3.65. The molecule has 0 N–H and O–H groups in total. The van der Waals surface area contributed by atoms with Gasteiger partial charge in [0.1, 0.15) is 0 Å². The van der Waals surface area contributed by atoms with Gasteiger partial charge in [0.25, 0.3) is 0 Å². The summed E-state index contributed by atoms with van der Waals surface area (Å²) in [6.45, 7) is 2.13. The van der Waals surface area contributed by atoms with Crippen molar-refractivity contribution in [1.82, 2.24) is 0 Å². The molecule has 1 aromatic heterocycles. The number of alkyl halides is 1. The molecule has 0 bridgehead atoms. The van der Waals surface area contributed by atoms with E-state index in [-0.39, 0.29) is 0 Å². The largest absolute Gasteiger partial charge is 0.144 e. The topological polar surface area (TPSA) is 0 Å². The number of aryl methyl sites for hydroxylation is 1. The minimum absolute atomic E-state index is 0.310. The van der Waals surface area contributed by atoms with Gasteiger partial charge >= 0.3 is 0 Å². The summed E-state index contributed by atoms with van der Waals surface area (Å²) < 4.78 is 1.12. The number of benzene rings is 1. The molecule has 78 valence electrons. The van der Waals surface area contributed by atoms with Crippen LogP contribution in [0.25, 0.3) is 0 Å². The molecular formula is C12H10Br2S. The van der Waals surface area contributed by atoms with Crippen LogP contribution >= 0.6 is 43.2 Å². The molecule has 0 aliphatic carbocycles. The predicted octanol–water partition coefficient (Wildman–Crippen LogP) is 5.30. The summed E-state index contributed by atoms with van der Waals surface area (Å²) in [6.07, 6.45) is 0. The van der Waals surface area contributed by atoms with E-state index in [0.29, 0.717) is 4.83 Å². The SMILES string of the molecule is Cc1ccc(C(Br)c2ccc(Br)cc2)s1. The maximum atomic E-state index is 3.73. The third-order valence-electron chi connectivity index (χ3n) is 2.17. The number of hydrogen-bond donors (Lipinski definition) is 0. The van der Waals surface area contributed by atoms with Gasteiger partial charge < -0.3 is 0 Å². The molecule has 2 aromatic rings. The summed E-state index contributed by atoms with van der Waals surface area (Å²) in [4.78, 5) is 3.02. The molecule has 0 saturated heterocycles. The Balaban J connectivity index is 2.28. The van der Waals surface area contributed by atoms with E-state index in [2.05, 4.69) is 75.2 Å². The molecule has 1 heterocycles. The summed E-state index contributed by atoms with van der Waals surface area (Å²) in [7, 11) is 0. The van der Waals surface area contributed by atoms with Crippen LogP contribution in [0.2, 0.25) is 0 Å². The van der Waals surface area contributed by atoms with Crippen LogP contribution in [0.4, 0.5) is 0 Å². The fourth-order valence-electron chi connectivity index (χ4n) is 1.39. The Morgan fingerprint density at radius 1 is 1.07 bits per heavy atom. The van der Waals surface area contributed by atoms with Crippen molar-refractivity contribution in [2.45, 2.75) is 11.8 Å². The summed E-state index contributed by atoms with van der Waals surface area (Å²) in [5.74, 6) is 0. The van der Waals surface area contributed by atoms with Gasteiger partial charge in [-0.2, -0.15) is 0 Å². The highest BCUT2D eigenvalue weighted by molar-refractivity contribution is 9.10. The van der Waals surface area contributed by atoms with E-state index in [1.165, 1.54) is 15.3 Å². The molecule has 0 spiro atoms. The van der Waals surface area contributed by atoms with Gasteiger partial charge in [-0.1, -0.05) is 44.0 Å². The highest BCUT2D eigenvalue weighted by Crippen LogP contribution is 2.35. The lowest BCUT2D eigenvalue weighted by atomic mass is 10.1. The average Bonchev–Trinajstić information content (AvgIpc) is 2.65. The van der Waals surface area contributed by atoms with E-state index in [4.69, 9.17) is 0 Å². The summed E-state index contributed by atoms with van der Waals surface area (Å²) in [6, 6.07) is 12.8. The zero-order valence-corrected chi connectivity index (χ0v) is 12.2. The van der Waals surface area contributed by atoms with Gasteiger partial charge in [-0.05, 0) is 36.8 Å². The molecule has 0 aliphatic heterocycles. The second-order valence-electron chi connectivity index (χ2n) is 3.36. The van der Waals surface area contributed by atoms with Crippen molar-refractivity contribution >= 4 is 43.2 Å². The first-order valence-corrected chi connectivity index (χ1v) is 7.15. The van der Waals surface area contributed by atoms with Gasteiger partial charge in [0.2, 0.25) is 0 Å². The molecule has 3 heteroatoms. The van der Waals surface area contributed by atoms with Crippen molar-refractivity contribution in [2.24, 2.45) is 0 Å². The first-order chi connectivity index (χ1) is 7.16. The number of halogens is 2. The smallest absolute Gasteiger partial charge is 0.0738 e. The van der Waals surface area contributed by atoms with Gasteiger partial charge in [0, 0.05) is 14.2 Å². The van der Waals surface area contributed by atoms with Crippen molar-refractivity contribution in [3.8, 4) is 0 Å². The average molecular weight is 346 g/mol. The molecule has 0 amide bonds. The zero-order valence-electron chi connectivity index (χ0n) is 8.21. The van der Waals surface area contributed by atoms with Crippen molar-refractivity contribution < 1.29 is 0 Å². The third-order valence-corrected chi connectivity index (χ3v) is 5.09. The predicted molar refractivity (Wildman–Crippen MR) is 74.0 cm³/mol. The molecule has 15 heavy (non-hydrogen) atoms. The van der Waals surface area contributed by atoms with Gasteiger partial charge in [-0.25, -0.2) is 0 Å². The van der Waals surface area contributed by atoms with E-state index in [0.717, 1.165) is 4.47 Å². The van der Waals surface area contributed by atoms with E-state index < -0.39 is 0 Å². The standard InChI is InChI=1S/C12H10Br2S/c1-8-2-7-11(15-8)12(14)9-3-5-10(13)6-4-9/h2-7,12H,1H3. The maximum absolute atomic E-state index is 3.73. The van der Waals surface area contributed by atoms with Crippen LogP contribution in [0, 0.1) is 6.92 Å². The monoisotopic (exact) mass is 344 g/mol. The molecule has 0 radical (unpaired) electrons. The van der Waals surface area contributed by atoms with Crippen LogP contribution in [0.5, 0.6) is 0 Å². The van der Waals surface area contributed by atoms with Gasteiger partial charge in [-0.15, -0.1) is 11.3 Å². The molecule has 2 rings (SSSR count). The molecule has 0 fully saturated rings. The van der Waals surface area contributed by atoms with Crippen molar-refractivity contribution in [3.05, 3.63) is 56.2 Å². The van der Waals surface area contributed by atoms with E-state index >= 15 is 0 Å². The van der Waals surface area contributed by atoms with Gasteiger partial charge in [0.15, 0.2) is 0 Å². The normalized spacial score (nSPS) is 12.7. The van der Waals surface area contributed by atoms with Gasteiger partial charge in [0.05, 0.1) is 4.83 Å². The van der Waals surface area contributed by atoms with Crippen LogP contribution < -0.4 is 0 Å². The van der Waals surface area contributed by atoms with Crippen molar-refractivity contribution in [1.29, 1.82) is 0 Å².